The molecule has 1 saturated heterocycles. The molecule has 0 aliphatic carbocycles. The number of morpholine rings is 1. The van der Waals surface area contributed by atoms with Crippen molar-refractivity contribution in [2.24, 2.45) is 4.99 Å². The maximum atomic E-state index is 10.9. The highest BCUT2D eigenvalue weighted by Gasteiger charge is 2.24. The average Bonchev–Trinajstić information content (AvgIpc) is 2.58. The number of rotatable bonds is 5. The van der Waals surface area contributed by atoms with Gasteiger partial charge in [-0.15, -0.1) is 0 Å². The van der Waals surface area contributed by atoms with Gasteiger partial charge in [0.25, 0.3) is 0 Å². The van der Waals surface area contributed by atoms with Crippen LogP contribution in [-0.2, 0) is 9.53 Å². The van der Waals surface area contributed by atoms with E-state index in [0.29, 0.717) is 19.7 Å². The van der Waals surface area contributed by atoms with Crippen molar-refractivity contribution in [2.75, 3.05) is 39.3 Å². The maximum Gasteiger partial charge on any atom is 0.216 e. The van der Waals surface area contributed by atoms with Crippen molar-refractivity contribution < 1.29 is 9.53 Å². The Bertz CT molecular complexity index is 574. The van der Waals surface area contributed by atoms with Gasteiger partial charge in [0.15, 0.2) is 5.96 Å². The SMILES string of the molecule is CCNC(=NCCNC(C)=O)N1CCOC(c2ccccc2C)C1. The van der Waals surface area contributed by atoms with Crippen LogP contribution in [0.5, 0.6) is 0 Å². The first kappa shape index (κ1) is 18.3. The molecule has 0 saturated carbocycles. The molecule has 1 aliphatic rings. The highest BCUT2D eigenvalue weighted by Crippen LogP contribution is 2.24. The minimum atomic E-state index is -0.0267. The normalized spacial score (nSPS) is 18.4. The van der Waals surface area contributed by atoms with Gasteiger partial charge in [-0.1, -0.05) is 24.3 Å². The minimum Gasteiger partial charge on any atom is -0.370 e. The molecule has 1 aliphatic heterocycles. The van der Waals surface area contributed by atoms with E-state index in [-0.39, 0.29) is 12.0 Å². The quantitative estimate of drug-likeness (QED) is 0.487. The average molecular weight is 332 g/mol. The third kappa shape index (κ3) is 5.23. The number of carbonyl (C=O) groups excluding carboxylic acids is 1. The minimum absolute atomic E-state index is 0.0267. The Hall–Kier alpha value is -2.08. The summed E-state index contributed by atoms with van der Waals surface area (Å²) in [7, 11) is 0. The second kappa shape index (κ2) is 9.27. The van der Waals surface area contributed by atoms with Gasteiger partial charge in [0.05, 0.1) is 19.7 Å². The molecule has 1 aromatic rings. The third-order valence-corrected chi connectivity index (χ3v) is 3.98. The molecule has 0 aromatic heterocycles. The number of amides is 1. The predicted molar refractivity (Wildman–Crippen MR) is 96.1 cm³/mol. The van der Waals surface area contributed by atoms with Crippen molar-refractivity contribution in [2.45, 2.75) is 26.9 Å². The second-order valence-electron chi connectivity index (χ2n) is 5.88. The molecule has 1 heterocycles. The second-order valence-corrected chi connectivity index (χ2v) is 5.88. The molecule has 0 radical (unpaired) electrons. The molecule has 1 aromatic carbocycles. The first-order chi connectivity index (χ1) is 11.6. The van der Waals surface area contributed by atoms with Crippen molar-refractivity contribution in [1.29, 1.82) is 0 Å². The van der Waals surface area contributed by atoms with E-state index < -0.39 is 0 Å². The summed E-state index contributed by atoms with van der Waals surface area (Å²) in [5, 5.41) is 6.11. The number of benzene rings is 1. The molecule has 1 unspecified atom stereocenters. The van der Waals surface area contributed by atoms with Crippen molar-refractivity contribution in [3.63, 3.8) is 0 Å². The lowest BCUT2D eigenvalue weighted by Gasteiger charge is -2.35. The van der Waals surface area contributed by atoms with Crippen molar-refractivity contribution in [1.82, 2.24) is 15.5 Å². The summed E-state index contributed by atoms with van der Waals surface area (Å²) >= 11 is 0. The molecule has 6 heteroatoms. The Morgan fingerprint density at radius 1 is 1.38 bits per heavy atom. The molecule has 0 bridgehead atoms. The summed E-state index contributed by atoms with van der Waals surface area (Å²) in [4.78, 5) is 17.8. The number of carbonyl (C=O) groups is 1. The number of aryl methyl sites for hydroxylation is 1. The van der Waals surface area contributed by atoms with E-state index in [2.05, 4.69) is 52.6 Å². The molecular weight excluding hydrogens is 304 g/mol. The summed E-state index contributed by atoms with van der Waals surface area (Å²) in [5.74, 6) is 0.853. The number of nitrogens with one attached hydrogen (secondary N) is 2. The molecule has 1 amide bonds. The van der Waals surface area contributed by atoms with Gasteiger partial charge in [-0.25, -0.2) is 0 Å². The number of hydrogen-bond donors (Lipinski definition) is 2. The number of ether oxygens (including phenoxy) is 1. The van der Waals surface area contributed by atoms with E-state index in [1.165, 1.54) is 18.1 Å². The summed E-state index contributed by atoms with van der Waals surface area (Å²) < 4.78 is 5.98. The van der Waals surface area contributed by atoms with Crippen LogP contribution in [0.25, 0.3) is 0 Å². The van der Waals surface area contributed by atoms with Crippen LogP contribution in [0, 0.1) is 6.92 Å². The molecule has 132 valence electrons. The number of aliphatic imine (C=N–C) groups is 1. The van der Waals surface area contributed by atoms with Crippen LogP contribution in [-0.4, -0.2) is 56.1 Å². The number of hydrogen-bond acceptors (Lipinski definition) is 3. The number of nitrogens with zero attached hydrogens (tertiary/aromatic N) is 2. The van der Waals surface area contributed by atoms with Gasteiger partial charge >= 0.3 is 0 Å². The number of guanidine groups is 1. The summed E-state index contributed by atoms with van der Waals surface area (Å²) in [6.07, 6.45) is 0.0548. The maximum absolute atomic E-state index is 10.9. The predicted octanol–water partition coefficient (Wildman–Crippen LogP) is 1.47. The van der Waals surface area contributed by atoms with Crippen LogP contribution in [0.1, 0.15) is 31.1 Å². The monoisotopic (exact) mass is 332 g/mol. The van der Waals surface area contributed by atoms with Crippen LogP contribution in [0.2, 0.25) is 0 Å². The van der Waals surface area contributed by atoms with Gasteiger partial charge in [-0.2, -0.15) is 0 Å². The molecular formula is C18H28N4O2. The molecule has 2 rings (SSSR count). The summed E-state index contributed by atoms with van der Waals surface area (Å²) in [6, 6.07) is 8.35. The fourth-order valence-corrected chi connectivity index (χ4v) is 2.80. The largest absolute Gasteiger partial charge is 0.370 e. The van der Waals surface area contributed by atoms with E-state index >= 15 is 0 Å². The van der Waals surface area contributed by atoms with Crippen LogP contribution in [0.15, 0.2) is 29.3 Å². The van der Waals surface area contributed by atoms with Crippen molar-refractivity contribution >= 4 is 11.9 Å². The van der Waals surface area contributed by atoms with Gasteiger partial charge in [-0.3, -0.25) is 9.79 Å². The Kier molecular flexibility index (Phi) is 7.06. The van der Waals surface area contributed by atoms with Gasteiger partial charge in [0, 0.05) is 26.6 Å². The smallest absolute Gasteiger partial charge is 0.216 e. The highest BCUT2D eigenvalue weighted by molar-refractivity contribution is 5.80. The van der Waals surface area contributed by atoms with E-state index in [1.54, 1.807) is 0 Å². The molecule has 24 heavy (non-hydrogen) atoms. The zero-order valence-electron chi connectivity index (χ0n) is 14.8. The van der Waals surface area contributed by atoms with Crippen LogP contribution in [0.3, 0.4) is 0 Å². The lowest BCUT2D eigenvalue weighted by Crippen LogP contribution is -2.48. The lowest BCUT2D eigenvalue weighted by molar-refractivity contribution is -0.118. The lowest BCUT2D eigenvalue weighted by atomic mass is 10.0. The fourth-order valence-electron chi connectivity index (χ4n) is 2.80. The van der Waals surface area contributed by atoms with E-state index in [9.17, 15) is 4.79 Å². The van der Waals surface area contributed by atoms with Crippen LogP contribution in [0.4, 0.5) is 0 Å². The van der Waals surface area contributed by atoms with Crippen LogP contribution < -0.4 is 10.6 Å². The zero-order chi connectivity index (χ0) is 17.4. The molecule has 0 spiro atoms. The van der Waals surface area contributed by atoms with E-state index in [1.807, 2.05) is 6.07 Å². The first-order valence-electron chi connectivity index (χ1n) is 8.56. The van der Waals surface area contributed by atoms with Gasteiger partial charge in [0.1, 0.15) is 6.10 Å². The Morgan fingerprint density at radius 3 is 2.88 bits per heavy atom. The fraction of sp³-hybridized carbons (Fsp3) is 0.556. The van der Waals surface area contributed by atoms with Crippen molar-refractivity contribution in [3.05, 3.63) is 35.4 Å². The molecule has 1 atom stereocenters. The van der Waals surface area contributed by atoms with Gasteiger partial charge in [-0.05, 0) is 25.0 Å². The molecule has 6 nitrogen and oxygen atoms in total. The van der Waals surface area contributed by atoms with E-state index in [4.69, 9.17) is 4.74 Å². The van der Waals surface area contributed by atoms with Crippen molar-refractivity contribution in [3.8, 4) is 0 Å². The van der Waals surface area contributed by atoms with Gasteiger partial charge < -0.3 is 20.3 Å². The Morgan fingerprint density at radius 2 is 2.17 bits per heavy atom. The molecule has 2 N–H and O–H groups in total. The van der Waals surface area contributed by atoms with Gasteiger partial charge in [0.2, 0.25) is 5.91 Å². The van der Waals surface area contributed by atoms with E-state index in [0.717, 1.165) is 25.6 Å². The topological polar surface area (TPSA) is 66.0 Å². The van der Waals surface area contributed by atoms with Crippen LogP contribution >= 0.6 is 0 Å². The third-order valence-electron chi connectivity index (χ3n) is 3.98. The zero-order valence-corrected chi connectivity index (χ0v) is 14.8. The Labute approximate surface area is 144 Å². The summed E-state index contributed by atoms with van der Waals surface area (Å²) in [6.45, 7) is 9.88. The first-order valence-corrected chi connectivity index (χ1v) is 8.56. The Balaban J connectivity index is 2.02. The molecule has 1 fully saturated rings. The standard InChI is InChI=1S/C18H28N4O2/c1-4-19-18(21-10-9-20-15(3)23)22-11-12-24-17(13-22)16-8-6-5-7-14(16)2/h5-8,17H,4,9-13H2,1-3H3,(H,19,21)(H,20,23). The summed E-state index contributed by atoms with van der Waals surface area (Å²) in [5.41, 5.74) is 2.48. The highest BCUT2D eigenvalue weighted by atomic mass is 16.5.